The van der Waals surface area contributed by atoms with Crippen LogP contribution in [0.3, 0.4) is 0 Å². The van der Waals surface area contributed by atoms with Crippen molar-refractivity contribution in [3.05, 3.63) is 96.4 Å². The first-order valence-corrected chi connectivity index (χ1v) is 15.7. The highest BCUT2D eigenvalue weighted by atomic mass is 32.2. The molecule has 0 radical (unpaired) electrons. The lowest BCUT2D eigenvalue weighted by Crippen LogP contribution is -2.34. The van der Waals surface area contributed by atoms with Gasteiger partial charge in [0.25, 0.3) is 10.0 Å². The highest BCUT2D eigenvalue weighted by molar-refractivity contribution is 7.90. The summed E-state index contributed by atoms with van der Waals surface area (Å²) in [7, 11) is -1.41. The third-order valence-corrected chi connectivity index (χ3v) is 9.70. The Morgan fingerprint density at radius 3 is 2.38 bits per heavy atom. The predicted molar refractivity (Wildman–Crippen MR) is 158 cm³/mol. The lowest BCUT2D eigenvalue weighted by atomic mass is 9.94. The van der Waals surface area contributed by atoms with E-state index in [0.717, 1.165) is 55.0 Å². The standard InChI is InChI=1S/C32H40N4O2S/c1-34(29-14-4-2-5-15-29)21-10-11-22-35(24-27-13-12-20-33-23-27)25-28-26-36(32-19-9-8-18-31(28)32)39(37,38)30-16-6-3-7-17-30/h3,6-9,12-13,16-20,23,26,29H,2,4-5,10-11,14-15,21-22,24-25H2,1H3. The lowest BCUT2D eigenvalue weighted by Gasteiger charge is -2.31. The van der Waals surface area contributed by atoms with E-state index in [9.17, 15) is 8.42 Å². The number of pyridine rings is 1. The van der Waals surface area contributed by atoms with Gasteiger partial charge in [-0.3, -0.25) is 9.88 Å². The number of nitrogens with zero attached hydrogens (tertiary/aromatic N) is 4. The number of benzene rings is 2. The van der Waals surface area contributed by atoms with Crippen molar-refractivity contribution >= 4 is 20.9 Å². The van der Waals surface area contributed by atoms with Crippen molar-refractivity contribution in [2.75, 3.05) is 20.1 Å². The van der Waals surface area contributed by atoms with Crippen molar-refractivity contribution in [1.29, 1.82) is 0 Å². The van der Waals surface area contributed by atoms with Crippen LogP contribution in [0, 0.1) is 0 Å². The monoisotopic (exact) mass is 544 g/mol. The van der Waals surface area contributed by atoms with Crippen LogP contribution in [0.15, 0.2) is 90.2 Å². The van der Waals surface area contributed by atoms with Gasteiger partial charge in [0.05, 0.1) is 10.4 Å². The van der Waals surface area contributed by atoms with Gasteiger partial charge in [0.1, 0.15) is 0 Å². The van der Waals surface area contributed by atoms with E-state index < -0.39 is 10.0 Å². The van der Waals surface area contributed by atoms with Crippen molar-refractivity contribution in [3.63, 3.8) is 0 Å². The predicted octanol–water partition coefficient (Wildman–Crippen LogP) is 6.32. The second-order valence-corrected chi connectivity index (χ2v) is 12.7. The molecular weight excluding hydrogens is 504 g/mol. The summed E-state index contributed by atoms with van der Waals surface area (Å²) in [6.07, 6.45) is 14.6. The van der Waals surface area contributed by atoms with Gasteiger partial charge in [-0.25, -0.2) is 12.4 Å². The number of fused-ring (bicyclic) bond motifs is 1. The van der Waals surface area contributed by atoms with Crippen molar-refractivity contribution in [3.8, 4) is 0 Å². The molecule has 0 atom stereocenters. The summed E-state index contributed by atoms with van der Waals surface area (Å²) in [6.45, 7) is 3.51. The first-order chi connectivity index (χ1) is 19.0. The van der Waals surface area contributed by atoms with Crippen LogP contribution in [0.2, 0.25) is 0 Å². The van der Waals surface area contributed by atoms with Crippen molar-refractivity contribution < 1.29 is 8.42 Å². The Morgan fingerprint density at radius 1 is 0.872 bits per heavy atom. The average Bonchev–Trinajstić information content (AvgIpc) is 3.35. The van der Waals surface area contributed by atoms with E-state index in [2.05, 4.69) is 27.9 Å². The minimum absolute atomic E-state index is 0.298. The Bertz CT molecular complexity index is 1430. The molecule has 0 saturated heterocycles. The topological polar surface area (TPSA) is 58.4 Å². The van der Waals surface area contributed by atoms with Gasteiger partial charge in [0.2, 0.25) is 0 Å². The largest absolute Gasteiger partial charge is 0.303 e. The summed E-state index contributed by atoms with van der Waals surface area (Å²) < 4.78 is 28.6. The first-order valence-electron chi connectivity index (χ1n) is 14.2. The summed E-state index contributed by atoms with van der Waals surface area (Å²) in [6, 6.07) is 21.3. The number of para-hydroxylation sites is 1. The molecule has 1 fully saturated rings. The summed E-state index contributed by atoms with van der Waals surface area (Å²) >= 11 is 0. The second kappa shape index (κ2) is 12.9. The van der Waals surface area contributed by atoms with Gasteiger partial charge in [-0.15, -0.1) is 0 Å². The van der Waals surface area contributed by atoms with Crippen LogP contribution in [0.25, 0.3) is 10.9 Å². The SMILES string of the molecule is CN(CCCCN(Cc1cccnc1)Cc1cn(S(=O)(=O)c2ccccc2)c2ccccc12)C1CCCCC1. The Balaban J connectivity index is 1.34. The highest BCUT2D eigenvalue weighted by Crippen LogP contribution is 2.28. The molecule has 1 aliphatic rings. The summed E-state index contributed by atoms with van der Waals surface area (Å²) in [5, 5.41) is 0.977. The smallest absolute Gasteiger partial charge is 0.268 e. The molecule has 0 bridgehead atoms. The molecule has 1 saturated carbocycles. The fourth-order valence-electron chi connectivity index (χ4n) is 5.85. The van der Waals surface area contributed by atoms with Crippen LogP contribution in [0.5, 0.6) is 0 Å². The minimum atomic E-state index is -3.70. The molecule has 0 amide bonds. The van der Waals surface area contributed by atoms with E-state index in [1.807, 2.05) is 48.8 Å². The molecule has 2 heterocycles. The molecule has 2 aromatic heterocycles. The van der Waals surface area contributed by atoms with E-state index in [0.29, 0.717) is 17.0 Å². The van der Waals surface area contributed by atoms with Crippen molar-refractivity contribution in [1.82, 2.24) is 18.8 Å². The van der Waals surface area contributed by atoms with Crippen molar-refractivity contribution in [2.45, 2.75) is 69.0 Å². The molecule has 7 heteroatoms. The zero-order valence-electron chi connectivity index (χ0n) is 23.0. The van der Waals surface area contributed by atoms with Crippen LogP contribution in [-0.2, 0) is 23.1 Å². The summed E-state index contributed by atoms with van der Waals surface area (Å²) in [4.78, 5) is 9.61. The average molecular weight is 545 g/mol. The van der Waals surface area contributed by atoms with E-state index in [4.69, 9.17) is 0 Å². The third kappa shape index (κ3) is 6.78. The zero-order chi connectivity index (χ0) is 27.1. The molecule has 0 spiro atoms. The lowest BCUT2D eigenvalue weighted by molar-refractivity contribution is 0.182. The van der Waals surface area contributed by atoms with E-state index in [-0.39, 0.29) is 0 Å². The van der Waals surface area contributed by atoms with Gasteiger partial charge in [0.15, 0.2) is 0 Å². The molecule has 0 unspecified atom stereocenters. The molecule has 206 valence electrons. The van der Waals surface area contributed by atoms with Crippen LogP contribution >= 0.6 is 0 Å². The highest BCUT2D eigenvalue weighted by Gasteiger charge is 2.22. The van der Waals surface area contributed by atoms with Crippen molar-refractivity contribution in [2.24, 2.45) is 0 Å². The van der Waals surface area contributed by atoms with Crippen LogP contribution < -0.4 is 0 Å². The Morgan fingerprint density at radius 2 is 1.62 bits per heavy atom. The van der Waals surface area contributed by atoms with Gasteiger partial charge in [-0.05, 0) is 81.2 Å². The molecule has 1 aliphatic carbocycles. The van der Waals surface area contributed by atoms with Gasteiger partial charge >= 0.3 is 0 Å². The van der Waals surface area contributed by atoms with Gasteiger partial charge in [-0.2, -0.15) is 0 Å². The number of rotatable bonds is 12. The fraction of sp³-hybridized carbons (Fsp3) is 0.406. The minimum Gasteiger partial charge on any atom is -0.303 e. The zero-order valence-corrected chi connectivity index (χ0v) is 23.8. The Labute approximate surface area is 233 Å². The van der Waals surface area contributed by atoms with E-state index in [1.54, 1.807) is 30.5 Å². The van der Waals surface area contributed by atoms with E-state index in [1.165, 1.54) is 36.1 Å². The van der Waals surface area contributed by atoms with E-state index >= 15 is 0 Å². The number of hydrogen-bond donors (Lipinski definition) is 0. The van der Waals surface area contributed by atoms with Gasteiger partial charge < -0.3 is 4.90 Å². The van der Waals surface area contributed by atoms with Crippen LogP contribution in [-0.4, -0.2) is 53.4 Å². The maximum atomic E-state index is 13.6. The molecular formula is C32H40N4O2S. The number of hydrogen-bond acceptors (Lipinski definition) is 5. The first kappa shape index (κ1) is 27.6. The molecule has 0 aliphatic heterocycles. The maximum absolute atomic E-state index is 13.6. The Hall–Kier alpha value is -3.00. The van der Waals surface area contributed by atoms with Crippen LogP contribution in [0.1, 0.15) is 56.1 Å². The maximum Gasteiger partial charge on any atom is 0.268 e. The molecule has 6 nitrogen and oxygen atoms in total. The van der Waals surface area contributed by atoms with Gasteiger partial charge in [0, 0.05) is 43.1 Å². The summed E-state index contributed by atoms with van der Waals surface area (Å²) in [5.74, 6) is 0. The molecule has 39 heavy (non-hydrogen) atoms. The molecule has 2 aromatic carbocycles. The fourth-order valence-corrected chi connectivity index (χ4v) is 7.27. The number of unbranched alkanes of at least 4 members (excludes halogenated alkanes) is 1. The Kier molecular flexibility index (Phi) is 9.12. The van der Waals surface area contributed by atoms with Gasteiger partial charge in [-0.1, -0.05) is 61.7 Å². The third-order valence-electron chi connectivity index (χ3n) is 8.02. The molecule has 5 rings (SSSR count). The molecule has 0 N–H and O–H groups in total. The molecule has 4 aromatic rings. The van der Waals surface area contributed by atoms with Crippen LogP contribution in [0.4, 0.5) is 0 Å². The number of aromatic nitrogens is 2. The summed E-state index contributed by atoms with van der Waals surface area (Å²) in [5.41, 5.74) is 2.90. The second-order valence-electron chi connectivity index (χ2n) is 10.8. The quantitative estimate of drug-likeness (QED) is 0.195. The normalized spacial score (nSPS) is 14.9.